The molecule has 0 aromatic heterocycles. The fourth-order valence-corrected chi connectivity index (χ4v) is 3.52. The molecular weight excluding hydrogens is 375 g/mol. The van der Waals surface area contributed by atoms with E-state index in [9.17, 15) is 4.39 Å². The Morgan fingerprint density at radius 3 is 2.07 bits per heavy atom. The quantitative estimate of drug-likeness (QED) is 0.640. The van der Waals surface area contributed by atoms with Crippen molar-refractivity contribution in [3.63, 3.8) is 0 Å². The Bertz CT molecular complexity index is 777. The second-order valence-corrected chi connectivity index (χ2v) is 6.91. The number of rotatable bonds is 9. The minimum Gasteiger partial charge on any atom is -0.493 e. The van der Waals surface area contributed by atoms with Crippen molar-refractivity contribution < 1.29 is 23.3 Å². The molecule has 1 aliphatic rings. The topological polar surface area (TPSA) is 43.4 Å². The summed E-state index contributed by atoms with van der Waals surface area (Å²) < 4.78 is 35.1. The van der Waals surface area contributed by atoms with Crippen LogP contribution in [0.5, 0.6) is 23.0 Å². The lowest BCUT2D eigenvalue weighted by molar-refractivity contribution is 0.112. The summed E-state index contributed by atoms with van der Waals surface area (Å²) >= 11 is 0. The van der Waals surface area contributed by atoms with Gasteiger partial charge in [-0.05, 0) is 30.3 Å². The Labute approximate surface area is 171 Å². The van der Waals surface area contributed by atoms with E-state index in [-0.39, 0.29) is 5.82 Å². The third-order valence-electron chi connectivity index (χ3n) is 5.13. The number of hydrogen-bond donors (Lipinski definition) is 0. The molecule has 2 aromatic carbocycles. The molecule has 1 heterocycles. The predicted molar refractivity (Wildman–Crippen MR) is 110 cm³/mol. The average Bonchev–Trinajstić information content (AvgIpc) is 2.75. The van der Waals surface area contributed by atoms with Crippen LogP contribution in [-0.4, -0.2) is 70.5 Å². The third kappa shape index (κ3) is 5.52. The minimum atomic E-state index is -0.250. The van der Waals surface area contributed by atoms with Gasteiger partial charge in [0, 0.05) is 44.8 Å². The van der Waals surface area contributed by atoms with Crippen LogP contribution >= 0.6 is 0 Å². The molecule has 6 nitrogen and oxygen atoms in total. The first kappa shape index (κ1) is 21.2. The highest BCUT2D eigenvalue weighted by Gasteiger charge is 2.21. The van der Waals surface area contributed by atoms with E-state index >= 15 is 0 Å². The number of hydrogen-bond acceptors (Lipinski definition) is 6. The van der Waals surface area contributed by atoms with E-state index in [2.05, 4.69) is 9.80 Å². The molecule has 1 fully saturated rings. The summed E-state index contributed by atoms with van der Waals surface area (Å²) in [7, 11) is 4.90. The average molecular weight is 404 g/mol. The predicted octanol–water partition coefficient (Wildman–Crippen LogP) is 3.05. The Hall–Kier alpha value is -2.51. The zero-order valence-corrected chi connectivity index (χ0v) is 17.3. The Morgan fingerprint density at radius 1 is 0.793 bits per heavy atom. The minimum absolute atomic E-state index is 0.250. The molecule has 0 saturated carbocycles. The van der Waals surface area contributed by atoms with Crippen LogP contribution in [0.15, 0.2) is 36.4 Å². The van der Waals surface area contributed by atoms with Crippen LogP contribution in [0, 0.1) is 5.82 Å². The smallest absolute Gasteiger partial charge is 0.203 e. The highest BCUT2D eigenvalue weighted by Crippen LogP contribution is 2.40. The zero-order chi connectivity index (χ0) is 20.6. The van der Waals surface area contributed by atoms with Crippen molar-refractivity contribution in [2.24, 2.45) is 0 Å². The van der Waals surface area contributed by atoms with Crippen molar-refractivity contribution in [2.45, 2.75) is 6.54 Å². The van der Waals surface area contributed by atoms with Crippen LogP contribution in [0.25, 0.3) is 0 Å². The summed E-state index contributed by atoms with van der Waals surface area (Å²) in [5.74, 6) is 2.47. The van der Waals surface area contributed by atoms with Gasteiger partial charge in [-0.1, -0.05) is 6.07 Å². The van der Waals surface area contributed by atoms with E-state index in [4.69, 9.17) is 18.9 Å². The highest BCUT2D eigenvalue weighted by molar-refractivity contribution is 5.55. The molecule has 2 aromatic rings. The molecule has 7 heteroatoms. The number of halogens is 1. The third-order valence-corrected chi connectivity index (χ3v) is 5.13. The van der Waals surface area contributed by atoms with Gasteiger partial charge in [0.25, 0.3) is 0 Å². The van der Waals surface area contributed by atoms with Crippen LogP contribution in [0.4, 0.5) is 4.39 Å². The normalized spacial score (nSPS) is 15.2. The lowest BCUT2D eigenvalue weighted by Crippen LogP contribution is -2.47. The maximum atomic E-state index is 12.9. The van der Waals surface area contributed by atoms with Crippen molar-refractivity contribution in [3.8, 4) is 23.0 Å². The molecule has 0 amide bonds. The van der Waals surface area contributed by atoms with Crippen LogP contribution in [0.2, 0.25) is 0 Å². The monoisotopic (exact) mass is 404 g/mol. The van der Waals surface area contributed by atoms with E-state index < -0.39 is 0 Å². The SMILES string of the molecule is COc1ccc(CN2CCN(CCOc3ccc(F)cc3)CC2)c(OC)c1OC. The first-order chi connectivity index (χ1) is 14.1. The van der Waals surface area contributed by atoms with Gasteiger partial charge < -0.3 is 18.9 Å². The molecule has 29 heavy (non-hydrogen) atoms. The largest absolute Gasteiger partial charge is 0.493 e. The Balaban J connectivity index is 1.48. The van der Waals surface area contributed by atoms with Gasteiger partial charge in [-0.25, -0.2) is 4.39 Å². The Kier molecular flexibility index (Phi) is 7.55. The maximum absolute atomic E-state index is 12.9. The molecule has 0 atom stereocenters. The van der Waals surface area contributed by atoms with Crippen LogP contribution in [0.3, 0.4) is 0 Å². The molecule has 1 saturated heterocycles. The van der Waals surface area contributed by atoms with Gasteiger partial charge in [-0.2, -0.15) is 0 Å². The van der Waals surface area contributed by atoms with Gasteiger partial charge in [-0.3, -0.25) is 9.80 Å². The lowest BCUT2D eigenvalue weighted by Gasteiger charge is -2.34. The molecular formula is C22H29FN2O4. The Morgan fingerprint density at radius 2 is 1.45 bits per heavy atom. The number of piperazine rings is 1. The van der Waals surface area contributed by atoms with Crippen molar-refractivity contribution in [2.75, 3.05) is 60.7 Å². The molecule has 0 unspecified atom stereocenters. The molecule has 0 aliphatic carbocycles. The maximum Gasteiger partial charge on any atom is 0.203 e. The van der Waals surface area contributed by atoms with Gasteiger partial charge in [-0.15, -0.1) is 0 Å². The number of methoxy groups -OCH3 is 3. The van der Waals surface area contributed by atoms with Crippen molar-refractivity contribution in [1.29, 1.82) is 0 Å². The second-order valence-electron chi connectivity index (χ2n) is 6.91. The summed E-state index contributed by atoms with van der Waals surface area (Å²) in [6.07, 6.45) is 0. The first-order valence-corrected chi connectivity index (χ1v) is 9.75. The summed E-state index contributed by atoms with van der Waals surface area (Å²) in [5, 5.41) is 0. The molecule has 0 N–H and O–H groups in total. The molecule has 3 rings (SSSR count). The van der Waals surface area contributed by atoms with Gasteiger partial charge in [0.2, 0.25) is 5.75 Å². The van der Waals surface area contributed by atoms with Crippen molar-refractivity contribution >= 4 is 0 Å². The van der Waals surface area contributed by atoms with E-state index in [1.807, 2.05) is 12.1 Å². The number of nitrogens with zero attached hydrogens (tertiary/aromatic N) is 2. The lowest BCUT2D eigenvalue weighted by atomic mass is 10.1. The number of benzene rings is 2. The van der Waals surface area contributed by atoms with E-state index in [0.717, 1.165) is 50.6 Å². The zero-order valence-electron chi connectivity index (χ0n) is 17.3. The van der Waals surface area contributed by atoms with E-state index in [1.54, 1.807) is 33.5 Å². The summed E-state index contributed by atoms with van der Waals surface area (Å²) in [5.41, 5.74) is 1.08. The molecule has 0 bridgehead atoms. The van der Waals surface area contributed by atoms with Crippen molar-refractivity contribution in [3.05, 3.63) is 47.8 Å². The number of ether oxygens (including phenoxy) is 4. The van der Waals surface area contributed by atoms with Crippen LogP contribution in [0.1, 0.15) is 5.56 Å². The van der Waals surface area contributed by atoms with Gasteiger partial charge in [0.05, 0.1) is 21.3 Å². The molecule has 0 spiro atoms. The summed E-state index contributed by atoms with van der Waals surface area (Å²) in [6.45, 7) is 6.12. The van der Waals surface area contributed by atoms with Gasteiger partial charge >= 0.3 is 0 Å². The van der Waals surface area contributed by atoms with Crippen LogP contribution in [-0.2, 0) is 6.54 Å². The molecule has 0 radical (unpaired) electrons. The van der Waals surface area contributed by atoms with E-state index in [0.29, 0.717) is 23.9 Å². The van der Waals surface area contributed by atoms with E-state index in [1.165, 1.54) is 12.1 Å². The fourth-order valence-electron chi connectivity index (χ4n) is 3.52. The highest BCUT2D eigenvalue weighted by atomic mass is 19.1. The standard InChI is InChI=1S/C22H29FN2O4/c1-26-20-9-4-17(21(27-2)22(20)28-3)16-25-12-10-24(11-13-25)14-15-29-19-7-5-18(23)6-8-19/h4-9H,10-16H2,1-3H3. The van der Waals surface area contributed by atoms with Gasteiger partial charge in [0.15, 0.2) is 11.5 Å². The summed E-state index contributed by atoms with van der Waals surface area (Å²) in [4.78, 5) is 4.78. The molecule has 1 aliphatic heterocycles. The van der Waals surface area contributed by atoms with Crippen molar-refractivity contribution in [1.82, 2.24) is 9.80 Å². The fraction of sp³-hybridized carbons (Fsp3) is 0.455. The summed E-state index contributed by atoms with van der Waals surface area (Å²) in [6, 6.07) is 10.1. The first-order valence-electron chi connectivity index (χ1n) is 9.75. The molecule has 158 valence electrons. The second kappa shape index (κ2) is 10.3. The van der Waals surface area contributed by atoms with Crippen LogP contribution < -0.4 is 18.9 Å². The van der Waals surface area contributed by atoms with Gasteiger partial charge in [0.1, 0.15) is 18.2 Å².